The van der Waals surface area contributed by atoms with Gasteiger partial charge in [0.1, 0.15) is 0 Å². The van der Waals surface area contributed by atoms with Crippen molar-refractivity contribution in [2.24, 2.45) is 0 Å². The first-order valence-electron chi connectivity index (χ1n) is 5.59. The van der Waals surface area contributed by atoms with Crippen LogP contribution in [0, 0.1) is 0 Å². The Bertz CT molecular complexity index is 270. The van der Waals surface area contributed by atoms with Gasteiger partial charge in [-0.05, 0) is 18.7 Å². The van der Waals surface area contributed by atoms with Crippen LogP contribution in [0.2, 0.25) is 0 Å². The first-order valence-corrected chi connectivity index (χ1v) is 5.59. The van der Waals surface area contributed by atoms with Crippen molar-refractivity contribution < 1.29 is 0 Å². The highest BCUT2D eigenvalue weighted by Crippen LogP contribution is 1.97. The standard InChI is InChI=1S/C11H20N4/c1-15-5-4-14-11(9-15)8-13-7-10-2-3-12-6-10/h2-3,6,11-14H,4-5,7-9H2,1H3. The Labute approximate surface area is 91.0 Å². The molecule has 0 amide bonds. The number of hydrogen-bond donors (Lipinski definition) is 3. The lowest BCUT2D eigenvalue weighted by atomic mass is 10.2. The van der Waals surface area contributed by atoms with Crippen LogP contribution in [0.25, 0.3) is 0 Å². The smallest absolute Gasteiger partial charge is 0.0320 e. The largest absolute Gasteiger partial charge is 0.367 e. The van der Waals surface area contributed by atoms with Crippen molar-refractivity contribution in [3.8, 4) is 0 Å². The van der Waals surface area contributed by atoms with Gasteiger partial charge in [-0.25, -0.2) is 0 Å². The minimum Gasteiger partial charge on any atom is -0.367 e. The number of nitrogens with zero attached hydrogens (tertiary/aromatic N) is 1. The van der Waals surface area contributed by atoms with Crippen LogP contribution in [-0.4, -0.2) is 49.2 Å². The van der Waals surface area contributed by atoms with Crippen LogP contribution in [0.4, 0.5) is 0 Å². The fourth-order valence-electron chi connectivity index (χ4n) is 1.99. The quantitative estimate of drug-likeness (QED) is 0.653. The van der Waals surface area contributed by atoms with E-state index in [2.05, 4.69) is 33.6 Å². The lowest BCUT2D eigenvalue weighted by Gasteiger charge is -2.31. The molecule has 1 atom stereocenters. The molecule has 2 heterocycles. The normalized spacial score (nSPS) is 23.1. The summed E-state index contributed by atoms with van der Waals surface area (Å²) < 4.78 is 0. The molecule has 0 saturated carbocycles. The van der Waals surface area contributed by atoms with Crippen LogP contribution >= 0.6 is 0 Å². The molecule has 1 aromatic heterocycles. The molecule has 1 saturated heterocycles. The first kappa shape index (κ1) is 10.7. The zero-order chi connectivity index (χ0) is 10.5. The minimum atomic E-state index is 0.586. The molecule has 4 heteroatoms. The molecule has 4 nitrogen and oxygen atoms in total. The van der Waals surface area contributed by atoms with E-state index in [0.717, 1.165) is 32.7 Å². The number of nitrogens with one attached hydrogen (secondary N) is 3. The molecule has 0 spiro atoms. The number of hydrogen-bond acceptors (Lipinski definition) is 3. The Balaban J connectivity index is 1.65. The Hall–Kier alpha value is -0.840. The zero-order valence-corrected chi connectivity index (χ0v) is 9.29. The highest BCUT2D eigenvalue weighted by Gasteiger charge is 2.15. The lowest BCUT2D eigenvalue weighted by Crippen LogP contribution is -2.52. The third kappa shape index (κ3) is 3.34. The van der Waals surface area contributed by atoms with Crippen LogP contribution < -0.4 is 10.6 Å². The number of H-pyrrole nitrogens is 1. The van der Waals surface area contributed by atoms with Crippen molar-refractivity contribution in [2.75, 3.05) is 33.2 Å². The van der Waals surface area contributed by atoms with Gasteiger partial charge in [0, 0.05) is 51.2 Å². The third-order valence-corrected chi connectivity index (χ3v) is 2.84. The van der Waals surface area contributed by atoms with Crippen LogP contribution in [0.5, 0.6) is 0 Å². The molecule has 0 radical (unpaired) electrons. The monoisotopic (exact) mass is 208 g/mol. The van der Waals surface area contributed by atoms with Gasteiger partial charge >= 0.3 is 0 Å². The van der Waals surface area contributed by atoms with Crippen molar-refractivity contribution in [3.05, 3.63) is 24.0 Å². The van der Waals surface area contributed by atoms with Gasteiger partial charge in [-0.2, -0.15) is 0 Å². The van der Waals surface area contributed by atoms with E-state index in [1.165, 1.54) is 5.56 Å². The molecule has 0 aliphatic carbocycles. The van der Waals surface area contributed by atoms with Gasteiger partial charge in [0.05, 0.1) is 0 Å². The van der Waals surface area contributed by atoms with E-state index in [4.69, 9.17) is 0 Å². The van der Waals surface area contributed by atoms with Crippen molar-refractivity contribution in [1.29, 1.82) is 0 Å². The summed E-state index contributed by atoms with van der Waals surface area (Å²) in [4.78, 5) is 5.44. The molecular weight excluding hydrogens is 188 g/mol. The molecule has 2 rings (SSSR count). The van der Waals surface area contributed by atoms with Crippen molar-refractivity contribution in [3.63, 3.8) is 0 Å². The summed E-state index contributed by atoms with van der Waals surface area (Å²) >= 11 is 0. The van der Waals surface area contributed by atoms with E-state index in [9.17, 15) is 0 Å². The van der Waals surface area contributed by atoms with Gasteiger partial charge in [0.2, 0.25) is 0 Å². The van der Waals surface area contributed by atoms with E-state index in [1.807, 2.05) is 12.4 Å². The summed E-state index contributed by atoms with van der Waals surface area (Å²) in [7, 11) is 2.18. The van der Waals surface area contributed by atoms with E-state index < -0.39 is 0 Å². The SMILES string of the molecule is CN1CCNC(CNCc2cc[nH]c2)C1. The van der Waals surface area contributed by atoms with E-state index in [1.54, 1.807) is 0 Å². The molecule has 1 aliphatic heterocycles. The summed E-state index contributed by atoms with van der Waals surface area (Å²) in [5.74, 6) is 0. The topological polar surface area (TPSA) is 43.1 Å². The number of aromatic nitrogens is 1. The Kier molecular flexibility index (Phi) is 3.77. The second kappa shape index (κ2) is 5.30. The number of piperazine rings is 1. The molecule has 3 N–H and O–H groups in total. The van der Waals surface area contributed by atoms with E-state index in [0.29, 0.717) is 6.04 Å². The first-order chi connectivity index (χ1) is 7.34. The predicted octanol–water partition coefficient (Wildman–Crippen LogP) is 0.00790. The molecular formula is C11H20N4. The van der Waals surface area contributed by atoms with Crippen molar-refractivity contribution >= 4 is 0 Å². The van der Waals surface area contributed by atoms with Gasteiger partial charge in [0.15, 0.2) is 0 Å². The highest BCUT2D eigenvalue weighted by molar-refractivity contribution is 5.07. The summed E-state index contributed by atoms with van der Waals surface area (Å²) in [5, 5.41) is 6.99. The molecule has 15 heavy (non-hydrogen) atoms. The lowest BCUT2D eigenvalue weighted by molar-refractivity contribution is 0.235. The second-order valence-electron chi connectivity index (χ2n) is 4.26. The van der Waals surface area contributed by atoms with Gasteiger partial charge in [0.25, 0.3) is 0 Å². The molecule has 84 valence electrons. The maximum atomic E-state index is 3.52. The van der Waals surface area contributed by atoms with Crippen LogP contribution in [0.15, 0.2) is 18.5 Å². The van der Waals surface area contributed by atoms with Crippen LogP contribution in [0.3, 0.4) is 0 Å². The Morgan fingerprint density at radius 2 is 2.53 bits per heavy atom. The van der Waals surface area contributed by atoms with Crippen molar-refractivity contribution in [1.82, 2.24) is 20.5 Å². The molecule has 1 aromatic rings. The average molecular weight is 208 g/mol. The van der Waals surface area contributed by atoms with Crippen LogP contribution in [0.1, 0.15) is 5.56 Å². The summed E-state index contributed by atoms with van der Waals surface area (Å²) in [5.41, 5.74) is 1.32. The maximum Gasteiger partial charge on any atom is 0.0320 e. The summed E-state index contributed by atoms with van der Waals surface area (Å²) in [6.07, 6.45) is 4.00. The number of aromatic amines is 1. The second-order valence-corrected chi connectivity index (χ2v) is 4.26. The fourth-order valence-corrected chi connectivity index (χ4v) is 1.99. The summed E-state index contributed by atoms with van der Waals surface area (Å²) in [6, 6.07) is 2.69. The minimum absolute atomic E-state index is 0.586. The summed E-state index contributed by atoms with van der Waals surface area (Å²) in [6.45, 7) is 5.39. The van der Waals surface area contributed by atoms with Gasteiger partial charge < -0.3 is 20.5 Å². The van der Waals surface area contributed by atoms with E-state index >= 15 is 0 Å². The maximum absolute atomic E-state index is 3.52. The van der Waals surface area contributed by atoms with Gasteiger partial charge in [-0.1, -0.05) is 0 Å². The molecule has 0 bridgehead atoms. The molecule has 1 aliphatic rings. The zero-order valence-electron chi connectivity index (χ0n) is 9.29. The van der Waals surface area contributed by atoms with E-state index in [-0.39, 0.29) is 0 Å². The number of likely N-dealkylation sites (N-methyl/N-ethyl adjacent to an activating group) is 1. The molecule has 1 fully saturated rings. The molecule has 1 unspecified atom stereocenters. The Morgan fingerprint density at radius 1 is 1.60 bits per heavy atom. The Morgan fingerprint density at radius 3 is 3.27 bits per heavy atom. The predicted molar refractivity (Wildman–Crippen MR) is 61.8 cm³/mol. The van der Waals surface area contributed by atoms with Gasteiger partial charge in [-0.3, -0.25) is 0 Å². The highest BCUT2D eigenvalue weighted by atomic mass is 15.2. The average Bonchev–Trinajstić information content (AvgIpc) is 2.71. The van der Waals surface area contributed by atoms with Crippen LogP contribution in [-0.2, 0) is 6.54 Å². The number of rotatable bonds is 4. The third-order valence-electron chi connectivity index (χ3n) is 2.84. The van der Waals surface area contributed by atoms with Crippen molar-refractivity contribution in [2.45, 2.75) is 12.6 Å². The van der Waals surface area contributed by atoms with Gasteiger partial charge in [-0.15, -0.1) is 0 Å². The molecule has 0 aromatic carbocycles. The fraction of sp³-hybridized carbons (Fsp3) is 0.636.